The Morgan fingerprint density at radius 2 is 2.27 bits per heavy atom. The van der Waals surface area contributed by atoms with Crippen molar-refractivity contribution in [3.8, 4) is 0 Å². The van der Waals surface area contributed by atoms with Crippen molar-refractivity contribution in [3.05, 3.63) is 33.2 Å². The zero-order valence-corrected chi connectivity index (χ0v) is 17.4. The van der Waals surface area contributed by atoms with E-state index >= 15 is 0 Å². The lowest BCUT2D eigenvalue weighted by Crippen LogP contribution is -2.55. The Balaban J connectivity index is 1.61. The van der Waals surface area contributed by atoms with E-state index in [1.54, 1.807) is 27.1 Å². The van der Waals surface area contributed by atoms with Gasteiger partial charge in [0, 0.05) is 50.7 Å². The number of amides is 1. The lowest BCUT2D eigenvalue weighted by atomic mass is 10.3. The molecule has 0 aliphatic carbocycles. The molecule has 26 heavy (non-hydrogen) atoms. The third kappa shape index (κ3) is 4.64. The van der Waals surface area contributed by atoms with Crippen LogP contribution < -0.4 is 10.2 Å². The number of halogens is 1. The molecule has 1 aliphatic rings. The molecule has 3 rings (SSSR count). The van der Waals surface area contributed by atoms with E-state index in [0.29, 0.717) is 19.6 Å². The first-order valence-electron chi connectivity index (χ1n) is 8.63. The summed E-state index contributed by atoms with van der Waals surface area (Å²) in [5.74, 6) is 0.874. The number of aryl methyl sites for hydroxylation is 1. The van der Waals surface area contributed by atoms with Crippen LogP contribution in [0.5, 0.6) is 0 Å². The van der Waals surface area contributed by atoms with Crippen LogP contribution in [0.15, 0.2) is 33.3 Å². The monoisotopic (exact) mass is 438 g/mol. The highest BCUT2D eigenvalue weighted by Crippen LogP contribution is 2.22. The van der Waals surface area contributed by atoms with Crippen LogP contribution in [0.4, 0.5) is 5.69 Å². The number of anilines is 1. The third-order valence-electron chi connectivity index (χ3n) is 4.11. The van der Waals surface area contributed by atoms with Crippen molar-refractivity contribution in [2.45, 2.75) is 13.3 Å². The predicted molar refractivity (Wildman–Crippen MR) is 109 cm³/mol. The molecule has 0 spiro atoms. The predicted octanol–water partition coefficient (Wildman–Crippen LogP) is 2.10. The van der Waals surface area contributed by atoms with Gasteiger partial charge in [-0.3, -0.25) is 14.5 Å². The molecule has 140 valence electrons. The standard InChI is InChI=1S/C17H23BrN6OS/c1-3-19-17(20-7-6-14-4-5-15(18)26-14)23-8-9-24(16(25)12-23)13-10-21-22(2)11-13/h4-5,10-11H,3,6-9,12H2,1-2H3,(H,19,20). The lowest BCUT2D eigenvalue weighted by Gasteiger charge is -2.35. The van der Waals surface area contributed by atoms with Gasteiger partial charge in [0.1, 0.15) is 6.54 Å². The summed E-state index contributed by atoms with van der Waals surface area (Å²) in [5.41, 5.74) is 0.849. The van der Waals surface area contributed by atoms with Gasteiger partial charge in [0.05, 0.1) is 15.7 Å². The summed E-state index contributed by atoms with van der Waals surface area (Å²) >= 11 is 5.22. The van der Waals surface area contributed by atoms with E-state index in [9.17, 15) is 4.79 Å². The van der Waals surface area contributed by atoms with E-state index in [1.165, 1.54) is 4.88 Å². The highest BCUT2D eigenvalue weighted by molar-refractivity contribution is 9.11. The number of aromatic nitrogens is 2. The summed E-state index contributed by atoms with van der Waals surface area (Å²) in [6.45, 7) is 5.22. The first kappa shape index (κ1) is 18.9. The van der Waals surface area contributed by atoms with E-state index in [4.69, 9.17) is 4.99 Å². The molecule has 9 heteroatoms. The highest BCUT2D eigenvalue weighted by Gasteiger charge is 2.27. The second-order valence-electron chi connectivity index (χ2n) is 6.03. The van der Waals surface area contributed by atoms with Crippen LogP contribution in [0, 0.1) is 0 Å². The highest BCUT2D eigenvalue weighted by atomic mass is 79.9. The molecule has 0 unspecified atom stereocenters. The van der Waals surface area contributed by atoms with Gasteiger partial charge in [-0.15, -0.1) is 11.3 Å². The average molecular weight is 439 g/mol. The number of nitrogens with zero attached hydrogens (tertiary/aromatic N) is 5. The third-order valence-corrected chi connectivity index (χ3v) is 5.79. The normalized spacial score (nSPS) is 15.7. The number of nitrogens with one attached hydrogen (secondary N) is 1. The molecule has 1 aliphatic heterocycles. The number of carbonyl (C=O) groups is 1. The second-order valence-corrected chi connectivity index (χ2v) is 8.58. The molecule has 7 nitrogen and oxygen atoms in total. The molecule has 0 radical (unpaired) electrons. The molecule has 2 aromatic rings. The van der Waals surface area contributed by atoms with Gasteiger partial charge in [-0.2, -0.15) is 5.10 Å². The fourth-order valence-electron chi connectivity index (χ4n) is 2.86. The number of aliphatic imine (C=N–C) groups is 1. The first-order chi connectivity index (χ1) is 12.6. The van der Waals surface area contributed by atoms with Crippen LogP contribution in [0.2, 0.25) is 0 Å². The van der Waals surface area contributed by atoms with Crippen molar-refractivity contribution in [3.63, 3.8) is 0 Å². The summed E-state index contributed by atoms with van der Waals surface area (Å²) in [7, 11) is 1.85. The molecule has 0 atom stereocenters. The molecule has 3 heterocycles. The number of thiophene rings is 1. The second kappa shape index (κ2) is 8.68. The quantitative estimate of drug-likeness (QED) is 0.573. The van der Waals surface area contributed by atoms with Gasteiger partial charge in [0.2, 0.25) is 5.91 Å². The van der Waals surface area contributed by atoms with Crippen molar-refractivity contribution in [2.24, 2.45) is 12.0 Å². The summed E-state index contributed by atoms with van der Waals surface area (Å²) in [4.78, 5) is 22.4. The zero-order valence-electron chi connectivity index (χ0n) is 15.0. The summed E-state index contributed by atoms with van der Waals surface area (Å²) in [6.07, 6.45) is 4.49. The molecular weight excluding hydrogens is 416 g/mol. The van der Waals surface area contributed by atoms with Crippen molar-refractivity contribution in [1.82, 2.24) is 20.0 Å². The molecule has 2 aromatic heterocycles. The molecular formula is C17H23BrN6OS. The fraction of sp³-hybridized carbons (Fsp3) is 0.471. The Kier molecular flexibility index (Phi) is 6.31. The summed E-state index contributed by atoms with van der Waals surface area (Å²) < 4.78 is 2.85. The minimum Gasteiger partial charge on any atom is -0.357 e. The van der Waals surface area contributed by atoms with Crippen LogP contribution in [0.25, 0.3) is 0 Å². The topological polar surface area (TPSA) is 65.8 Å². The van der Waals surface area contributed by atoms with Gasteiger partial charge < -0.3 is 15.1 Å². The van der Waals surface area contributed by atoms with Crippen LogP contribution >= 0.6 is 27.3 Å². The summed E-state index contributed by atoms with van der Waals surface area (Å²) in [6, 6.07) is 4.18. The van der Waals surface area contributed by atoms with Crippen LogP contribution in [-0.4, -0.2) is 59.3 Å². The Morgan fingerprint density at radius 1 is 1.42 bits per heavy atom. The largest absolute Gasteiger partial charge is 0.357 e. The number of hydrogen-bond acceptors (Lipinski definition) is 4. The molecule has 1 N–H and O–H groups in total. The maximum atomic E-state index is 12.6. The molecule has 0 saturated carbocycles. The van der Waals surface area contributed by atoms with E-state index in [1.807, 2.05) is 25.1 Å². The van der Waals surface area contributed by atoms with Crippen LogP contribution in [-0.2, 0) is 18.3 Å². The minimum absolute atomic E-state index is 0.0667. The van der Waals surface area contributed by atoms with E-state index in [0.717, 1.165) is 34.9 Å². The summed E-state index contributed by atoms with van der Waals surface area (Å²) in [5, 5.41) is 7.46. The van der Waals surface area contributed by atoms with E-state index in [2.05, 4.69) is 38.5 Å². The van der Waals surface area contributed by atoms with Crippen molar-refractivity contribution >= 4 is 44.8 Å². The number of piperazine rings is 1. The zero-order chi connectivity index (χ0) is 18.5. The Bertz CT molecular complexity index is 786. The molecule has 0 aromatic carbocycles. The van der Waals surface area contributed by atoms with Crippen molar-refractivity contribution in [1.29, 1.82) is 0 Å². The van der Waals surface area contributed by atoms with Gasteiger partial charge in [0.15, 0.2) is 5.96 Å². The van der Waals surface area contributed by atoms with E-state index < -0.39 is 0 Å². The molecule has 1 saturated heterocycles. The fourth-order valence-corrected chi connectivity index (χ4v) is 4.33. The van der Waals surface area contributed by atoms with Gasteiger partial charge in [-0.1, -0.05) is 0 Å². The van der Waals surface area contributed by atoms with E-state index in [-0.39, 0.29) is 5.91 Å². The smallest absolute Gasteiger partial charge is 0.246 e. The minimum atomic E-state index is 0.0667. The number of rotatable bonds is 5. The first-order valence-corrected chi connectivity index (χ1v) is 10.2. The van der Waals surface area contributed by atoms with Crippen molar-refractivity contribution in [2.75, 3.05) is 37.6 Å². The van der Waals surface area contributed by atoms with Crippen molar-refractivity contribution < 1.29 is 4.79 Å². The lowest BCUT2D eigenvalue weighted by molar-refractivity contribution is -0.120. The molecule has 1 amide bonds. The number of guanidine groups is 1. The Labute approximate surface area is 165 Å². The number of hydrogen-bond donors (Lipinski definition) is 1. The Hall–Kier alpha value is -1.87. The van der Waals surface area contributed by atoms with Crippen LogP contribution in [0.1, 0.15) is 11.8 Å². The Morgan fingerprint density at radius 3 is 2.88 bits per heavy atom. The SMILES string of the molecule is CCNC(=NCCc1ccc(Br)s1)N1CCN(c2cnn(C)c2)C(=O)C1. The molecule has 1 fully saturated rings. The molecule has 0 bridgehead atoms. The van der Waals surface area contributed by atoms with Gasteiger partial charge in [0.25, 0.3) is 0 Å². The van der Waals surface area contributed by atoms with Gasteiger partial charge in [-0.05, 0) is 35.0 Å². The average Bonchev–Trinajstić information content (AvgIpc) is 3.22. The van der Waals surface area contributed by atoms with Gasteiger partial charge in [-0.25, -0.2) is 0 Å². The van der Waals surface area contributed by atoms with Crippen LogP contribution in [0.3, 0.4) is 0 Å². The number of carbonyl (C=O) groups excluding carboxylic acids is 1. The maximum absolute atomic E-state index is 12.6. The maximum Gasteiger partial charge on any atom is 0.246 e. The van der Waals surface area contributed by atoms with Gasteiger partial charge >= 0.3 is 0 Å².